The molecule has 0 unspecified atom stereocenters. The third-order valence-corrected chi connectivity index (χ3v) is 8.96. The van der Waals surface area contributed by atoms with Crippen molar-refractivity contribution in [2.45, 2.75) is 58.5 Å². The normalized spacial score (nSPS) is 13.0. The van der Waals surface area contributed by atoms with Crippen LogP contribution in [0.25, 0.3) is 11.1 Å². The predicted molar refractivity (Wildman–Crippen MR) is 160 cm³/mol. The lowest BCUT2D eigenvalue weighted by atomic mass is 9.96. The number of carbonyl (C=O) groups is 1. The highest BCUT2D eigenvalue weighted by Crippen LogP contribution is 2.34. The number of fused-ring (bicyclic) bond motifs is 3. The van der Waals surface area contributed by atoms with Gasteiger partial charge in [-0.05, 0) is 79.1 Å². The smallest absolute Gasteiger partial charge is 0.307 e. The highest BCUT2D eigenvalue weighted by molar-refractivity contribution is 7.91. The van der Waals surface area contributed by atoms with Gasteiger partial charge in [-0.25, -0.2) is 13.4 Å². The number of methoxy groups -OCH3 is 1. The van der Waals surface area contributed by atoms with Crippen LogP contribution >= 0.6 is 0 Å². The number of aryl methyl sites for hydroxylation is 2. The number of hydrogen-bond donors (Lipinski definition) is 0. The molecule has 2 aromatic carbocycles. The van der Waals surface area contributed by atoms with E-state index in [1.807, 2.05) is 30.3 Å². The van der Waals surface area contributed by atoms with Crippen LogP contribution in [0.5, 0.6) is 11.6 Å². The zero-order valence-corrected chi connectivity index (χ0v) is 24.8. The van der Waals surface area contributed by atoms with Gasteiger partial charge in [0.2, 0.25) is 5.88 Å². The molecule has 0 saturated carbocycles. The van der Waals surface area contributed by atoms with Gasteiger partial charge in [0, 0.05) is 17.4 Å². The van der Waals surface area contributed by atoms with E-state index < -0.39 is 9.84 Å². The van der Waals surface area contributed by atoms with Gasteiger partial charge in [-0.15, -0.1) is 5.92 Å². The van der Waals surface area contributed by atoms with Gasteiger partial charge < -0.3 is 14.2 Å². The second kappa shape index (κ2) is 14.2. The Morgan fingerprint density at radius 2 is 1.83 bits per heavy atom. The zero-order valence-electron chi connectivity index (χ0n) is 23.9. The molecule has 0 fully saturated rings. The fourth-order valence-corrected chi connectivity index (χ4v) is 5.71. The van der Waals surface area contributed by atoms with Crippen LogP contribution in [-0.4, -0.2) is 44.6 Å². The topological polar surface area (TPSA) is 91.8 Å². The monoisotopic (exact) mass is 575 g/mol. The second-order valence-corrected chi connectivity index (χ2v) is 12.5. The molecule has 8 heteroatoms. The van der Waals surface area contributed by atoms with Crippen molar-refractivity contribution in [3.8, 4) is 34.6 Å². The number of sulfone groups is 1. The molecule has 0 N–H and O–H groups in total. The number of aromatic nitrogens is 1. The molecule has 1 heterocycles. The molecular formula is C33H37NO6S. The lowest BCUT2D eigenvalue weighted by molar-refractivity contribution is -0.140. The first kappa shape index (κ1) is 30.1. The second-order valence-electron chi connectivity index (χ2n) is 10.0. The Bertz CT molecular complexity index is 1520. The molecule has 0 aliphatic heterocycles. The molecule has 1 aromatic heterocycles. The summed E-state index contributed by atoms with van der Waals surface area (Å²) in [5, 5.41) is 0. The highest BCUT2D eigenvalue weighted by atomic mass is 32.2. The maximum Gasteiger partial charge on any atom is 0.307 e. The number of carbonyl (C=O) groups excluding carboxylic acids is 1. The van der Waals surface area contributed by atoms with Crippen molar-refractivity contribution in [1.82, 2.24) is 4.98 Å². The third kappa shape index (κ3) is 8.34. The molecule has 41 heavy (non-hydrogen) atoms. The van der Waals surface area contributed by atoms with Crippen LogP contribution < -0.4 is 9.47 Å². The van der Waals surface area contributed by atoms with Crippen LogP contribution in [0.15, 0.2) is 54.6 Å². The summed E-state index contributed by atoms with van der Waals surface area (Å²) in [4.78, 5) is 16.5. The fourth-order valence-electron chi connectivity index (χ4n) is 4.87. The van der Waals surface area contributed by atoms with Crippen LogP contribution in [0.3, 0.4) is 0 Å². The average Bonchev–Trinajstić information content (AvgIpc) is 3.17. The van der Waals surface area contributed by atoms with Gasteiger partial charge in [-0.2, -0.15) is 0 Å². The van der Waals surface area contributed by atoms with E-state index in [9.17, 15) is 13.2 Å². The number of ether oxygens (including phenoxy) is 3. The lowest BCUT2D eigenvalue weighted by Gasteiger charge is -2.14. The molecule has 1 aliphatic rings. The van der Waals surface area contributed by atoms with Crippen molar-refractivity contribution < 1.29 is 27.4 Å². The minimum Gasteiger partial charge on any atom is -0.489 e. The molecule has 0 amide bonds. The van der Waals surface area contributed by atoms with Crippen molar-refractivity contribution in [2.75, 3.05) is 25.2 Å². The lowest BCUT2D eigenvalue weighted by Crippen LogP contribution is -2.12. The molecule has 4 rings (SSSR count). The number of hydrogen-bond acceptors (Lipinski definition) is 7. The number of pyridine rings is 1. The standard InChI is InChI=1S/C33H37NO6S/c1-4-8-27(22-33(35)38-3)25-13-15-28(16-14-25)40-23-24-11-12-26-9-6-10-31-29(30(26)21-24)17-18-32(34-31)39-19-7-20-41(36,37)5-2/h11-18,21,27H,5-7,9-10,19-20,22-23H2,1-3H3/t27-/m0/s1. The Morgan fingerprint density at radius 1 is 1.02 bits per heavy atom. The number of nitrogens with zero attached hydrogens (tertiary/aromatic N) is 1. The van der Waals surface area contributed by atoms with E-state index in [2.05, 4.69) is 36.1 Å². The van der Waals surface area contributed by atoms with Gasteiger partial charge >= 0.3 is 5.97 Å². The Balaban J connectivity index is 1.42. The van der Waals surface area contributed by atoms with Crippen LogP contribution in [0.2, 0.25) is 0 Å². The molecule has 0 radical (unpaired) electrons. The summed E-state index contributed by atoms with van der Waals surface area (Å²) in [7, 11) is -1.62. The largest absolute Gasteiger partial charge is 0.489 e. The van der Waals surface area contributed by atoms with E-state index in [1.54, 1.807) is 13.8 Å². The summed E-state index contributed by atoms with van der Waals surface area (Å²) in [6.45, 7) is 4.15. The molecule has 1 aliphatic carbocycles. The summed E-state index contributed by atoms with van der Waals surface area (Å²) in [6.07, 6.45) is 3.47. The minimum atomic E-state index is -3.00. The van der Waals surface area contributed by atoms with Gasteiger partial charge in [0.1, 0.15) is 22.2 Å². The maximum atomic E-state index is 11.8. The van der Waals surface area contributed by atoms with Gasteiger partial charge in [0.25, 0.3) is 0 Å². The fraction of sp³-hybridized carbons (Fsp3) is 0.394. The van der Waals surface area contributed by atoms with Gasteiger partial charge in [0.05, 0.1) is 37.5 Å². The summed E-state index contributed by atoms with van der Waals surface area (Å²) in [5.41, 5.74) is 6.53. The van der Waals surface area contributed by atoms with Crippen LogP contribution in [0.4, 0.5) is 0 Å². The summed E-state index contributed by atoms with van der Waals surface area (Å²) < 4.78 is 40.1. The molecule has 0 spiro atoms. The van der Waals surface area contributed by atoms with Crippen molar-refractivity contribution in [1.29, 1.82) is 0 Å². The van der Waals surface area contributed by atoms with E-state index in [4.69, 9.17) is 19.2 Å². The van der Waals surface area contributed by atoms with E-state index in [1.165, 1.54) is 12.7 Å². The van der Waals surface area contributed by atoms with Gasteiger partial charge in [-0.3, -0.25) is 4.79 Å². The Hall–Kier alpha value is -3.83. The SMILES string of the molecule is CC#C[C@@H](CC(=O)OC)c1ccc(OCc2ccc3c(c2)-c2ccc(OCCCS(=O)(=O)CC)nc2CCC3)cc1. The van der Waals surface area contributed by atoms with Crippen LogP contribution in [0, 0.1) is 11.8 Å². The quantitative estimate of drug-likeness (QED) is 0.156. The van der Waals surface area contributed by atoms with E-state index in [0.29, 0.717) is 25.5 Å². The van der Waals surface area contributed by atoms with Crippen molar-refractivity contribution in [2.24, 2.45) is 0 Å². The first-order chi connectivity index (χ1) is 19.8. The Morgan fingerprint density at radius 3 is 2.56 bits per heavy atom. The molecule has 7 nitrogen and oxygen atoms in total. The molecule has 3 aromatic rings. The van der Waals surface area contributed by atoms with Crippen molar-refractivity contribution in [3.05, 3.63) is 77.0 Å². The maximum absolute atomic E-state index is 11.8. The van der Waals surface area contributed by atoms with Crippen molar-refractivity contribution >= 4 is 15.8 Å². The predicted octanol–water partition coefficient (Wildman–Crippen LogP) is 5.69. The molecule has 0 bridgehead atoms. The van der Waals surface area contributed by atoms with Gasteiger partial charge in [-0.1, -0.05) is 37.1 Å². The summed E-state index contributed by atoms with van der Waals surface area (Å²) in [6, 6.07) is 18.1. The van der Waals surface area contributed by atoms with Crippen molar-refractivity contribution in [3.63, 3.8) is 0 Å². The van der Waals surface area contributed by atoms with Gasteiger partial charge in [0.15, 0.2) is 0 Å². The van der Waals surface area contributed by atoms with E-state index in [0.717, 1.165) is 53.0 Å². The summed E-state index contributed by atoms with van der Waals surface area (Å²) >= 11 is 0. The first-order valence-corrected chi connectivity index (χ1v) is 15.8. The Labute approximate surface area is 243 Å². The minimum absolute atomic E-state index is 0.125. The molecule has 1 atom stereocenters. The third-order valence-electron chi connectivity index (χ3n) is 7.17. The number of rotatable bonds is 12. The molecular weight excluding hydrogens is 538 g/mol. The average molecular weight is 576 g/mol. The van der Waals surface area contributed by atoms with E-state index in [-0.39, 0.29) is 29.8 Å². The van der Waals surface area contributed by atoms with Crippen LogP contribution in [0.1, 0.15) is 61.4 Å². The number of benzene rings is 2. The Kier molecular flexibility index (Phi) is 10.4. The molecule has 216 valence electrons. The molecule has 0 saturated heterocycles. The van der Waals surface area contributed by atoms with Crippen LogP contribution in [-0.2, 0) is 38.8 Å². The number of esters is 1. The first-order valence-electron chi connectivity index (χ1n) is 14.0. The highest BCUT2D eigenvalue weighted by Gasteiger charge is 2.18. The summed E-state index contributed by atoms with van der Waals surface area (Å²) in [5.74, 6) is 7.01. The van der Waals surface area contributed by atoms with E-state index >= 15 is 0 Å². The zero-order chi connectivity index (χ0) is 29.2.